The van der Waals surface area contributed by atoms with Gasteiger partial charge in [0.2, 0.25) is 0 Å². The molecule has 3 unspecified atom stereocenters. The van der Waals surface area contributed by atoms with E-state index < -0.39 is 5.60 Å². The molecule has 0 radical (unpaired) electrons. The quantitative estimate of drug-likeness (QED) is 0.795. The van der Waals surface area contributed by atoms with Crippen molar-refractivity contribution >= 4 is 6.09 Å². The van der Waals surface area contributed by atoms with Crippen LogP contribution in [0.5, 0.6) is 0 Å². The van der Waals surface area contributed by atoms with E-state index >= 15 is 0 Å². The minimum absolute atomic E-state index is 0.304. The first-order valence-corrected chi connectivity index (χ1v) is 9.33. The molecule has 6 heteroatoms. The molecule has 2 rings (SSSR count). The molecular weight excluding hydrogens is 304 g/mol. The van der Waals surface area contributed by atoms with E-state index in [0.717, 1.165) is 26.2 Å². The van der Waals surface area contributed by atoms with Crippen molar-refractivity contribution < 1.29 is 9.53 Å². The second-order valence-corrected chi connectivity index (χ2v) is 8.49. The standard InChI is InChI=1S/C18H36N4O2/c1-18(2,3)24-17(23)20-11-14-7-6-8-16(14)19-12-15-13-21(4)9-10-22(15)5/h14-16,19H,6-13H2,1-5H3,(H,20,23). The topological polar surface area (TPSA) is 56.8 Å². The fourth-order valence-corrected chi connectivity index (χ4v) is 3.69. The third-order valence-electron chi connectivity index (χ3n) is 5.16. The van der Waals surface area contributed by atoms with Crippen molar-refractivity contribution in [1.82, 2.24) is 20.4 Å². The summed E-state index contributed by atoms with van der Waals surface area (Å²) in [6.07, 6.45) is 3.31. The van der Waals surface area contributed by atoms with Gasteiger partial charge in [0.05, 0.1) is 0 Å². The average molecular weight is 341 g/mol. The Labute approximate surface area is 147 Å². The second-order valence-electron chi connectivity index (χ2n) is 8.49. The first-order chi connectivity index (χ1) is 11.2. The fraction of sp³-hybridized carbons (Fsp3) is 0.944. The van der Waals surface area contributed by atoms with Crippen molar-refractivity contribution in [3.05, 3.63) is 0 Å². The molecule has 1 heterocycles. The van der Waals surface area contributed by atoms with E-state index in [4.69, 9.17) is 4.74 Å². The number of alkyl carbamates (subject to hydrolysis) is 1. The van der Waals surface area contributed by atoms with E-state index in [9.17, 15) is 4.79 Å². The minimum Gasteiger partial charge on any atom is -0.444 e. The van der Waals surface area contributed by atoms with Gasteiger partial charge in [0.25, 0.3) is 0 Å². The molecule has 140 valence electrons. The molecule has 0 spiro atoms. The van der Waals surface area contributed by atoms with Crippen LogP contribution in [0, 0.1) is 5.92 Å². The van der Waals surface area contributed by atoms with E-state index in [1.165, 1.54) is 19.3 Å². The van der Waals surface area contributed by atoms with Gasteiger partial charge in [-0.15, -0.1) is 0 Å². The van der Waals surface area contributed by atoms with Crippen molar-refractivity contribution in [1.29, 1.82) is 0 Å². The summed E-state index contributed by atoms with van der Waals surface area (Å²) in [6, 6.07) is 1.07. The molecule has 1 saturated heterocycles. The lowest BCUT2D eigenvalue weighted by Crippen LogP contribution is -2.55. The molecule has 6 nitrogen and oxygen atoms in total. The molecule has 1 aliphatic carbocycles. The average Bonchev–Trinajstić information content (AvgIpc) is 2.92. The van der Waals surface area contributed by atoms with E-state index in [2.05, 4.69) is 34.5 Å². The highest BCUT2D eigenvalue weighted by Gasteiger charge is 2.30. The Bertz CT molecular complexity index is 410. The number of likely N-dealkylation sites (N-methyl/N-ethyl adjacent to an activating group) is 2. The highest BCUT2D eigenvalue weighted by molar-refractivity contribution is 5.67. The highest BCUT2D eigenvalue weighted by Crippen LogP contribution is 2.25. The van der Waals surface area contributed by atoms with Crippen molar-refractivity contribution in [2.75, 3.05) is 46.8 Å². The summed E-state index contributed by atoms with van der Waals surface area (Å²) in [5, 5.41) is 6.71. The van der Waals surface area contributed by atoms with Gasteiger partial charge in [0.15, 0.2) is 0 Å². The van der Waals surface area contributed by atoms with Gasteiger partial charge in [-0.2, -0.15) is 0 Å². The van der Waals surface area contributed by atoms with Crippen LogP contribution in [0.2, 0.25) is 0 Å². The minimum atomic E-state index is -0.436. The molecular formula is C18H36N4O2. The van der Waals surface area contributed by atoms with Gasteiger partial charge < -0.3 is 20.3 Å². The fourth-order valence-electron chi connectivity index (χ4n) is 3.69. The molecule has 2 N–H and O–H groups in total. The zero-order valence-corrected chi connectivity index (χ0v) is 16.1. The lowest BCUT2D eigenvalue weighted by atomic mass is 10.0. The first kappa shape index (κ1) is 19.5. The van der Waals surface area contributed by atoms with Crippen LogP contribution < -0.4 is 10.6 Å². The maximum Gasteiger partial charge on any atom is 0.407 e. The molecule has 2 fully saturated rings. The number of nitrogens with zero attached hydrogens (tertiary/aromatic N) is 2. The molecule has 3 atom stereocenters. The van der Waals surface area contributed by atoms with Gasteiger partial charge in [-0.05, 0) is 53.6 Å². The molecule has 0 aromatic heterocycles. The van der Waals surface area contributed by atoms with Gasteiger partial charge in [-0.1, -0.05) is 6.42 Å². The van der Waals surface area contributed by atoms with Gasteiger partial charge in [-0.3, -0.25) is 4.90 Å². The molecule has 1 saturated carbocycles. The van der Waals surface area contributed by atoms with Crippen molar-refractivity contribution in [3.8, 4) is 0 Å². The van der Waals surface area contributed by atoms with Gasteiger partial charge in [-0.25, -0.2) is 4.79 Å². The van der Waals surface area contributed by atoms with Gasteiger partial charge >= 0.3 is 6.09 Å². The van der Waals surface area contributed by atoms with Crippen LogP contribution in [0.15, 0.2) is 0 Å². The number of carbonyl (C=O) groups is 1. The Morgan fingerprint density at radius 1 is 1.17 bits per heavy atom. The van der Waals surface area contributed by atoms with Crippen molar-refractivity contribution in [2.45, 2.75) is 57.7 Å². The predicted octanol–water partition coefficient (Wildman–Crippen LogP) is 1.52. The number of hydrogen-bond donors (Lipinski definition) is 2. The van der Waals surface area contributed by atoms with Gasteiger partial charge in [0.1, 0.15) is 5.60 Å². The maximum absolute atomic E-state index is 11.8. The Balaban J connectivity index is 1.73. The van der Waals surface area contributed by atoms with Crippen LogP contribution in [-0.2, 0) is 4.74 Å². The lowest BCUT2D eigenvalue weighted by molar-refractivity contribution is 0.0516. The summed E-state index contributed by atoms with van der Waals surface area (Å²) >= 11 is 0. The molecule has 0 aromatic rings. The number of carbonyl (C=O) groups excluding carboxylic acids is 1. The summed E-state index contributed by atoms with van der Waals surface area (Å²) in [5.74, 6) is 0.504. The molecule has 24 heavy (non-hydrogen) atoms. The van der Waals surface area contributed by atoms with Crippen LogP contribution >= 0.6 is 0 Å². The summed E-state index contributed by atoms with van der Waals surface area (Å²) in [4.78, 5) is 16.7. The third-order valence-corrected chi connectivity index (χ3v) is 5.16. The molecule has 0 aromatic carbocycles. The number of ether oxygens (including phenoxy) is 1. The number of rotatable bonds is 5. The van der Waals surface area contributed by atoms with E-state index in [1.807, 2.05) is 20.8 Å². The maximum atomic E-state index is 11.8. The van der Waals surface area contributed by atoms with Crippen LogP contribution in [0.1, 0.15) is 40.0 Å². The predicted molar refractivity (Wildman–Crippen MR) is 97.3 cm³/mol. The number of hydrogen-bond acceptors (Lipinski definition) is 5. The Morgan fingerprint density at radius 2 is 1.92 bits per heavy atom. The third kappa shape index (κ3) is 6.22. The monoisotopic (exact) mass is 340 g/mol. The van der Waals surface area contributed by atoms with E-state index in [0.29, 0.717) is 24.5 Å². The number of nitrogens with one attached hydrogen (secondary N) is 2. The Kier molecular flexibility index (Phi) is 6.89. The zero-order valence-electron chi connectivity index (χ0n) is 16.1. The smallest absolute Gasteiger partial charge is 0.407 e. The highest BCUT2D eigenvalue weighted by atomic mass is 16.6. The summed E-state index contributed by atoms with van der Waals surface area (Å²) in [5.41, 5.74) is -0.436. The molecule has 0 bridgehead atoms. The molecule has 2 aliphatic rings. The van der Waals surface area contributed by atoms with E-state index in [1.54, 1.807) is 0 Å². The van der Waals surface area contributed by atoms with Crippen LogP contribution in [0.25, 0.3) is 0 Å². The van der Waals surface area contributed by atoms with Crippen LogP contribution in [0.4, 0.5) is 4.79 Å². The van der Waals surface area contributed by atoms with E-state index in [-0.39, 0.29) is 6.09 Å². The second kappa shape index (κ2) is 8.50. The number of amides is 1. The summed E-state index contributed by atoms with van der Waals surface area (Å²) in [6.45, 7) is 10.8. The zero-order chi connectivity index (χ0) is 17.7. The van der Waals surface area contributed by atoms with Crippen LogP contribution in [0.3, 0.4) is 0 Å². The normalized spacial score (nSPS) is 29.6. The number of piperazine rings is 1. The largest absolute Gasteiger partial charge is 0.444 e. The van der Waals surface area contributed by atoms with Crippen LogP contribution in [-0.4, -0.2) is 80.4 Å². The summed E-state index contributed by atoms with van der Waals surface area (Å²) < 4.78 is 5.33. The first-order valence-electron chi connectivity index (χ1n) is 9.33. The SMILES string of the molecule is CN1CCN(C)C(CNC2CCCC2CNC(=O)OC(C)(C)C)C1. The van der Waals surface area contributed by atoms with Crippen molar-refractivity contribution in [2.24, 2.45) is 5.92 Å². The van der Waals surface area contributed by atoms with Gasteiger partial charge in [0, 0.05) is 44.8 Å². The summed E-state index contributed by atoms with van der Waals surface area (Å²) in [7, 11) is 4.42. The molecule has 1 aliphatic heterocycles. The Morgan fingerprint density at radius 3 is 2.62 bits per heavy atom. The molecule has 1 amide bonds. The lowest BCUT2D eigenvalue weighted by Gasteiger charge is -2.38. The van der Waals surface area contributed by atoms with Crippen molar-refractivity contribution in [3.63, 3.8) is 0 Å². The Hall–Kier alpha value is -0.850.